The van der Waals surface area contributed by atoms with Crippen molar-refractivity contribution in [3.8, 4) is 5.75 Å². The first-order valence-electron chi connectivity index (χ1n) is 9.27. The molecule has 0 radical (unpaired) electrons. The first-order chi connectivity index (χ1) is 14.0. The molecule has 1 N–H and O–H groups in total. The van der Waals surface area contributed by atoms with E-state index in [-0.39, 0.29) is 33.2 Å². The minimum atomic E-state index is -0.907. The molecular weight excluding hydrogens is 432 g/mol. The fourth-order valence-corrected chi connectivity index (χ4v) is 3.78. The number of halogens is 3. The number of rotatable bonds is 4. The van der Waals surface area contributed by atoms with Gasteiger partial charge in [0.05, 0.1) is 27.6 Å². The van der Waals surface area contributed by atoms with Crippen LogP contribution in [-0.4, -0.2) is 27.7 Å². The van der Waals surface area contributed by atoms with E-state index in [0.29, 0.717) is 10.7 Å². The molecule has 0 fully saturated rings. The molecule has 0 saturated carbocycles. The molecule has 0 amide bonds. The van der Waals surface area contributed by atoms with Crippen molar-refractivity contribution >= 4 is 46.0 Å². The molecule has 0 unspecified atom stereocenters. The summed E-state index contributed by atoms with van der Waals surface area (Å²) in [5, 5.41) is 10.4. The highest BCUT2D eigenvalue weighted by Gasteiger charge is 2.30. The van der Waals surface area contributed by atoms with Gasteiger partial charge in [0.25, 0.3) is 5.91 Å². The normalized spacial score (nSPS) is 12.4. The molecule has 8 heteroatoms. The Morgan fingerprint density at radius 3 is 2.37 bits per heavy atom. The highest BCUT2D eigenvalue weighted by molar-refractivity contribution is 6.42. The van der Waals surface area contributed by atoms with E-state index in [1.807, 2.05) is 0 Å². The summed E-state index contributed by atoms with van der Waals surface area (Å²) >= 11 is 12.0. The lowest BCUT2D eigenvalue weighted by Gasteiger charge is -2.15. The van der Waals surface area contributed by atoms with Gasteiger partial charge in [-0.15, -0.1) is 0 Å². The largest absolute Gasteiger partial charge is 0.505 e. The zero-order chi connectivity index (χ0) is 22.3. The van der Waals surface area contributed by atoms with Crippen LogP contribution in [-0.2, 0) is 9.53 Å². The van der Waals surface area contributed by atoms with Crippen molar-refractivity contribution in [2.24, 2.45) is 0 Å². The van der Waals surface area contributed by atoms with Crippen molar-refractivity contribution < 1.29 is 23.8 Å². The van der Waals surface area contributed by atoms with E-state index < -0.39 is 29.4 Å². The molecule has 3 rings (SSSR count). The van der Waals surface area contributed by atoms with Crippen LogP contribution in [0.3, 0.4) is 0 Å². The maximum absolute atomic E-state index is 15.0. The quantitative estimate of drug-likeness (QED) is 0.505. The Bertz CT molecular complexity index is 1170. The average Bonchev–Trinajstić information content (AvgIpc) is 2.97. The van der Waals surface area contributed by atoms with E-state index in [4.69, 9.17) is 27.9 Å². The molecule has 5 nitrogen and oxygen atoms in total. The summed E-state index contributed by atoms with van der Waals surface area (Å²) in [4.78, 5) is 25.8. The summed E-state index contributed by atoms with van der Waals surface area (Å²) in [5.74, 6) is -3.38. The molecule has 0 bridgehead atoms. The average molecular weight is 452 g/mol. The molecule has 0 aliphatic rings. The van der Waals surface area contributed by atoms with Gasteiger partial charge in [-0.2, -0.15) is 0 Å². The predicted molar refractivity (Wildman–Crippen MR) is 114 cm³/mol. The third-order valence-electron chi connectivity index (χ3n) is 4.84. The van der Waals surface area contributed by atoms with Crippen LogP contribution in [0.25, 0.3) is 10.9 Å². The van der Waals surface area contributed by atoms with Crippen LogP contribution in [0.1, 0.15) is 48.3 Å². The number of fused-ring (bicyclic) bond motifs is 1. The van der Waals surface area contributed by atoms with Crippen LogP contribution in [0.5, 0.6) is 5.75 Å². The number of ether oxygens (including phenoxy) is 1. The van der Waals surface area contributed by atoms with E-state index in [2.05, 4.69) is 0 Å². The molecule has 1 aromatic heterocycles. The molecule has 0 aliphatic heterocycles. The lowest BCUT2D eigenvalue weighted by molar-refractivity contribution is -0.148. The zero-order valence-electron chi connectivity index (χ0n) is 16.8. The molecule has 0 saturated heterocycles. The lowest BCUT2D eigenvalue weighted by atomic mass is 9.97. The van der Waals surface area contributed by atoms with E-state index in [9.17, 15) is 19.1 Å². The van der Waals surface area contributed by atoms with Crippen LogP contribution < -0.4 is 0 Å². The van der Waals surface area contributed by atoms with Crippen LogP contribution in [0, 0.1) is 12.7 Å². The molecular formula is C22H20Cl2FNO4. The Balaban J connectivity index is 2.27. The lowest BCUT2D eigenvalue weighted by Crippen LogP contribution is -2.19. The van der Waals surface area contributed by atoms with Crippen molar-refractivity contribution in [2.75, 3.05) is 0 Å². The number of hydrogen-bond donors (Lipinski definition) is 1. The number of nitrogens with zero attached hydrogens (tertiary/aromatic N) is 1. The van der Waals surface area contributed by atoms with E-state index in [1.165, 1.54) is 28.8 Å². The minimum absolute atomic E-state index is 0.00545. The second kappa shape index (κ2) is 8.28. The second-order valence-electron chi connectivity index (χ2n) is 7.27. The summed E-state index contributed by atoms with van der Waals surface area (Å²) < 4.78 is 21.5. The van der Waals surface area contributed by atoms with E-state index in [0.717, 1.165) is 6.07 Å². The summed E-state index contributed by atoms with van der Waals surface area (Å²) in [6.07, 6.45) is -0.357. The van der Waals surface area contributed by atoms with Gasteiger partial charge in [0.15, 0.2) is 11.6 Å². The molecule has 3 aromatic rings. The van der Waals surface area contributed by atoms with E-state index in [1.54, 1.807) is 27.7 Å². The van der Waals surface area contributed by atoms with Gasteiger partial charge in [0.1, 0.15) is 0 Å². The van der Waals surface area contributed by atoms with Gasteiger partial charge >= 0.3 is 5.97 Å². The maximum Gasteiger partial charge on any atom is 0.313 e. The maximum atomic E-state index is 15.0. The van der Waals surface area contributed by atoms with Gasteiger partial charge in [0.2, 0.25) is 0 Å². The van der Waals surface area contributed by atoms with Gasteiger partial charge in [-0.25, -0.2) is 4.39 Å². The van der Waals surface area contributed by atoms with Gasteiger partial charge in [-0.1, -0.05) is 23.2 Å². The number of hydrogen-bond acceptors (Lipinski definition) is 4. The monoisotopic (exact) mass is 451 g/mol. The number of benzene rings is 2. The number of aromatic hydroxyl groups is 1. The number of carbonyl (C=O) groups is 2. The van der Waals surface area contributed by atoms with Gasteiger partial charge in [-0.3, -0.25) is 14.2 Å². The Morgan fingerprint density at radius 2 is 1.77 bits per heavy atom. The Hall–Kier alpha value is -2.57. The van der Waals surface area contributed by atoms with Crippen molar-refractivity contribution in [3.05, 3.63) is 63.0 Å². The Kier molecular flexibility index (Phi) is 6.11. The molecule has 0 spiro atoms. The van der Waals surface area contributed by atoms with Crippen LogP contribution >= 0.6 is 23.2 Å². The fourth-order valence-electron chi connectivity index (χ4n) is 3.48. The molecule has 158 valence electrons. The number of phenolic OH excluding ortho intramolecular Hbond substituents is 1. The Morgan fingerprint density at radius 1 is 1.10 bits per heavy atom. The molecule has 1 heterocycles. The summed E-state index contributed by atoms with van der Waals surface area (Å²) in [7, 11) is 0. The van der Waals surface area contributed by atoms with E-state index >= 15 is 0 Å². The number of aromatic nitrogens is 1. The number of phenols is 1. The molecule has 30 heavy (non-hydrogen) atoms. The third-order valence-corrected chi connectivity index (χ3v) is 5.58. The smallest absolute Gasteiger partial charge is 0.313 e. The zero-order valence-corrected chi connectivity index (χ0v) is 18.3. The molecule has 1 atom stereocenters. The second-order valence-corrected chi connectivity index (χ2v) is 8.08. The van der Waals surface area contributed by atoms with Crippen molar-refractivity contribution in [1.82, 2.24) is 4.57 Å². The van der Waals surface area contributed by atoms with Crippen molar-refractivity contribution in [1.29, 1.82) is 0 Å². The highest BCUT2D eigenvalue weighted by atomic mass is 35.5. The highest BCUT2D eigenvalue weighted by Crippen LogP contribution is 2.38. The van der Waals surface area contributed by atoms with Crippen molar-refractivity contribution in [2.45, 2.75) is 39.7 Å². The first kappa shape index (κ1) is 22.1. The number of esters is 1. The predicted octanol–water partition coefficient (Wildman–Crippen LogP) is 5.84. The van der Waals surface area contributed by atoms with Crippen LogP contribution in [0.15, 0.2) is 30.3 Å². The third kappa shape index (κ3) is 3.77. The van der Waals surface area contributed by atoms with Gasteiger partial charge in [0, 0.05) is 16.6 Å². The first-order valence-corrected chi connectivity index (χ1v) is 10.0. The standard InChI is InChI=1S/C22H20Cl2FNO4/c1-10(2)30-22(29)11(3)18-12(4)26(16-7-8-17(27)20(25)19(16)18)21(28)13-5-6-14(23)15(24)9-13/h5-11,27H,1-4H3/t11-/m1/s1. The Labute approximate surface area is 183 Å². The van der Waals surface area contributed by atoms with Gasteiger partial charge in [-0.05, 0) is 63.6 Å². The molecule has 0 aliphatic carbocycles. The SMILES string of the molecule is Cc1c([C@@H](C)C(=O)OC(C)C)c2c(F)c(O)ccc2n1C(=O)c1ccc(Cl)c(Cl)c1. The summed E-state index contributed by atoms with van der Waals surface area (Å²) in [5.41, 5.74) is 1.09. The van der Waals surface area contributed by atoms with Gasteiger partial charge < -0.3 is 9.84 Å². The summed E-state index contributed by atoms with van der Waals surface area (Å²) in [6, 6.07) is 7.02. The molecule has 2 aromatic carbocycles. The number of carbonyl (C=O) groups excluding carboxylic acids is 2. The van der Waals surface area contributed by atoms with Crippen LogP contribution in [0.2, 0.25) is 10.0 Å². The van der Waals surface area contributed by atoms with Crippen molar-refractivity contribution in [3.63, 3.8) is 0 Å². The minimum Gasteiger partial charge on any atom is -0.505 e. The topological polar surface area (TPSA) is 68.5 Å². The van der Waals surface area contributed by atoms with Crippen LogP contribution in [0.4, 0.5) is 4.39 Å². The summed E-state index contributed by atoms with van der Waals surface area (Å²) in [6.45, 7) is 6.60. The fraction of sp³-hybridized carbons (Fsp3) is 0.273.